The average molecular weight is 962 g/mol. The molecule has 0 rings (SSSR count). The van der Waals surface area contributed by atoms with Gasteiger partial charge >= 0.3 is 17.9 Å². The van der Waals surface area contributed by atoms with Crippen LogP contribution in [0.25, 0.3) is 0 Å². The van der Waals surface area contributed by atoms with E-state index in [9.17, 15) is 14.4 Å². The highest BCUT2D eigenvalue weighted by molar-refractivity contribution is 5.71. The van der Waals surface area contributed by atoms with Crippen molar-refractivity contribution >= 4 is 17.9 Å². The molecule has 6 heteroatoms. The Kier molecular flexibility index (Phi) is 52.0. The van der Waals surface area contributed by atoms with Crippen molar-refractivity contribution in [2.45, 2.75) is 349 Å². The first-order valence-corrected chi connectivity index (χ1v) is 30.6. The van der Waals surface area contributed by atoms with Gasteiger partial charge in [0.05, 0.1) is 0 Å². The van der Waals surface area contributed by atoms with E-state index in [-0.39, 0.29) is 31.1 Å². The van der Waals surface area contributed by atoms with Crippen molar-refractivity contribution in [3.63, 3.8) is 0 Å². The fourth-order valence-corrected chi connectivity index (χ4v) is 9.53. The summed E-state index contributed by atoms with van der Waals surface area (Å²) in [4.78, 5) is 38.2. The predicted octanol–water partition coefficient (Wildman–Crippen LogP) is 20.3. The maximum Gasteiger partial charge on any atom is 0.306 e. The van der Waals surface area contributed by atoms with Crippen molar-refractivity contribution in [2.24, 2.45) is 17.8 Å². The van der Waals surface area contributed by atoms with Gasteiger partial charge < -0.3 is 14.2 Å². The number of carbonyl (C=O) groups is 3. The topological polar surface area (TPSA) is 78.9 Å². The minimum absolute atomic E-state index is 0.0629. The Bertz CT molecular complexity index is 1050. The van der Waals surface area contributed by atoms with Crippen molar-refractivity contribution < 1.29 is 28.6 Å². The first-order chi connectivity index (χ1) is 33.1. The van der Waals surface area contributed by atoms with Gasteiger partial charge in [0.25, 0.3) is 0 Å². The summed E-state index contributed by atoms with van der Waals surface area (Å²) in [6.07, 6.45) is 56.7. The van der Waals surface area contributed by atoms with Gasteiger partial charge in [0.15, 0.2) is 6.10 Å². The third-order valence-electron chi connectivity index (χ3n) is 14.1. The average Bonchev–Trinajstić information content (AvgIpc) is 3.30. The van der Waals surface area contributed by atoms with Gasteiger partial charge in [-0.3, -0.25) is 14.4 Å². The maximum absolute atomic E-state index is 12.9. The number of hydrogen-bond donors (Lipinski definition) is 0. The van der Waals surface area contributed by atoms with Gasteiger partial charge in [-0.15, -0.1) is 0 Å². The Morgan fingerprint density at radius 2 is 0.426 bits per heavy atom. The summed E-state index contributed by atoms with van der Waals surface area (Å²) in [6.45, 7) is 13.8. The van der Waals surface area contributed by atoms with Gasteiger partial charge in [0.1, 0.15) is 13.2 Å². The van der Waals surface area contributed by atoms with E-state index in [4.69, 9.17) is 14.2 Å². The molecule has 404 valence electrons. The zero-order valence-corrected chi connectivity index (χ0v) is 46.9. The van der Waals surface area contributed by atoms with E-state index < -0.39 is 6.10 Å². The molecule has 0 saturated heterocycles. The van der Waals surface area contributed by atoms with Crippen molar-refractivity contribution in [3.8, 4) is 0 Å². The van der Waals surface area contributed by atoms with Crippen molar-refractivity contribution in [2.75, 3.05) is 13.2 Å². The van der Waals surface area contributed by atoms with Crippen LogP contribution in [0.15, 0.2) is 0 Å². The minimum atomic E-state index is -0.764. The molecule has 0 aromatic rings. The van der Waals surface area contributed by atoms with E-state index in [1.165, 1.54) is 225 Å². The van der Waals surface area contributed by atoms with Gasteiger partial charge in [-0.05, 0) is 37.0 Å². The molecule has 0 unspecified atom stereocenters. The molecule has 0 N–H and O–H groups in total. The molecule has 0 fully saturated rings. The van der Waals surface area contributed by atoms with Crippen molar-refractivity contribution in [1.82, 2.24) is 0 Å². The lowest BCUT2D eigenvalue weighted by Gasteiger charge is -2.18. The van der Waals surface area contributed by atoms with E-state index in [1.54, 1.807) is 0 Å². The molecular formula is C62H120O6. The predicted molar refractivity (Wildman–Crippen MR) is 293 cm³/mol. The summed E-state index contributed by atoms with van der Waals surface area (Å²) in [6, 6.07) is 0. The molecule has 0 amide bonds. The summed E-state index contributed by atoms with van der Waals surface area (Å²) in [5.41, 5.74) is 0. The SMILES string of the molecule is CC(C)CCCCCCCCCCCCCCCCCCC(=O)OC[C@H](COC(=O)CCCCCCCCCCCCCCC(C)C)OC(=O)CCCCCCCCCCCCCCCC(C)C. The molecule has 0 spiro atoms. The van der Waals surface area contributed by atoms with Crippen molar-refractivity contribution in [1.29, 1.82) is 0 Å². The zero-order chi connectivity index (χ0) is 49.8. The molecule has 0 bridgehead atoms. The second-order valence-corrected chi connectivity index (χ2v) is 22.8. The number of hydrogen-bond acceptors (Lipinski definition) is 6. The van der Waals surface area contributed by atoms with Crippen LogP contribution in [0.3, 0.4) is 0 Å². The van der Waals surface area contributed by atoms with Gasteiger partial charge in [-0.25, -0.2) is 0 Å². The van der Waals surface area contributed by atoms with Crippen LogP contribution in [-0.2, 0) is 28.6 Å². The summed E-state index contributed by atoms with van der Waals surface area (Å²) in [5, 5.41) is 0. The van der Waals surface area contributed by atoms with E-state index in [2.05, 4.69) is 41.5 Å². The maximum atomic E-state index is 12.9. The van der Waals surface area contributed by atoms with Gasteiger partial charge in [-0.2, -0.15) is 0 Å². The number of esters is 3. The van der Waals surface area contributed by atoms with E-state index >= 15 is 0 Å². The second kappa shape index (κ2) is 53.2. The standard InChI is InChI=1S/C62H120O6/c1-56(2)48-42-36-30-24-18-12-9-7-8-10-14-21-27-33-39-45-51-60(63)66-54-59(55-67-61(64)52-46-40-34-28-22-17-16-20-26-32-38-44-50-58(5)6)68-62(65)53-47-41-35-29-23-15-11-13-19-25-31-37-43-49-57(3)4/h56-59H,7-55H2,1-6H3/t59-/m1/s1. The highest BCUT2D eigenvalue weighted by Crippen LogP contribution is 2.19. The van der Waals surface area contributed by atoms with Gasteiger partial charge in [0, 0.05) is 19.3 Å². The highest BCUT2D eigenvalue weighted by atomic mass is 16.6. The number of unbranched alkanes of at least 4 members (excludes halogenated alkanes) is 38. The van der Waals surface area contributed by atoms with E-state index in [0.717, 1.165) is 75.5 Å². The lowest BCUT2D eigenvalue weighted by Crippen LogP contribution is -2.30. The largest absolute Gasteiger partial charge is 0.462 e. The molecule has 0 saturated carbocycles. The first kappa shape index (κ1) is 66.4. The second-order valence-electron chi connectivity index (χ2n) is 22.8. The Balaban J connectivity index is 4.29. The Labute approximate surface area is 425 Å². The van der Waals surface area contributed by atoms with Crippen LogP contribution < -0.4 is 0 Å². The normalized spacial score (nSPS) is 12.1. The smallest absolute Gasteiger partial charge is 0.306 e. The van der Waals surface area contributed by atoms with Crippen LogP contribution in [0.4, 0.5) is 0 Å². The molecule has 1 atom stereocenters. The van der Waals surface area contributed by atoms with Crippen LogP contribution in [0, 0.1) is 17.8 Å². The highest BCUT2D eigenvalue weighted by Gasteiger charge is 2.19. The Morgan fingerprint density at radius 1 is 0.250 bits per heavy atom. The number of ether oxygens (including phenoxy) is 3. The summed E-state index contributed by atoms with van der Waals surface area (Å²) < 4.78 is 16.9. The Hall–Kier alpha value is -1.59. The number of carbonyl (C=O) groups excluding carboxylic acids is 3. The molecule has 68 heavy (non-hydrogen) atoms. The molecule has 0 radical (unpaired) electrons. The van der Waals surface area contributed by atoms with Crippen molar-refractivity contribution in [3.05, 3.63) is 0 Å². The Morgan fingerprint density at radius 3 is 0.632 bits per heavy atom. The number of rotatable bonds is 55. The third-order valence-corrected chi connectivity index (χ3v) is 14.1. The molecular weight excluding hydrogens is 841 g/mol. The summed E-state index contributed by atoms with van der Waals surface area (Å²) >= 11 is 0. The molecule has 6 nitrogen and oxygen atoms in total. The molecule has 0 heterocycles. The summed E-state index contributed by atoms with van der Waals surface area (Å²) in [5.74, 6) is 1.69. The quantitative estimate of drug-likeness (QED) is 0.0343. The van der Waals surface area contributed by atoms with Gasteiger partial charge in [-0.1, -0.05) is 305 Å². The van der Waals surface area contributed by atoms with Gasteiger partial charge in [0.2, 0.25) is 0 Å². The van der Waals surface area contributed by atoms with E-state index in [0.29, 0.717) is 19.3 Å². The molecule has 0 aliphatic carbocycles. The fraction of sp³-hybridized carbons (Fsp3) is 0.952. The van der Waals surface area contributed by atoms with Crippen LogP contribution in [0.2, 0.25) is 0 Å². The van der Waals surface area contributed by atoms with E-state index in [1.807, 2.05) is 0 Å². The lowest BCUT2D eigenvalue weighted by molar-refractivity contribution is -0.167. The lowest BCUT2D eigenvalue weighted by atomic mass is 10.0. The molecule has 0 aromatic heterocycles. The first-order valence-electron chi connectivity index (χ1n) is 30.6. The van der Waals surface area contributed by atoms with Crippen LogP contribution in [0.5, 0.6) is 0 Å². The van der Waals surface area contributed by atoms with Crippen LogP contribution in [-0.4, -0.2) is 37.2 Å². The third kappa shape index (κ3) is 55.3. The molecule has 0 aromatic carbocycles. The minimum Gasteiger partial charge on any atom is -0.462 e. The molecule has 0 aliphatic rings. The summed E-state index contributed by atoms with van der Waals surface area (Å²) in [7, 11) is 0. The fourth-order valence-electron chi connectivity index (χ4n) is 9.53. The van der Waals surface area contributed by atoms with Crippen LogP contribution in [0.1, 0.15) is 343 Å². The van der Waals surface area contributed by atoms with Crippen LogP contribution >= 0.6 is 0 Å². The zero-order valence-electron chi connectivity index (χ0n) is 46.9. The monoisotopic (exact) mass is 961 g/mol. The molecule has 0 aliphatic heterocycles.